The normalized spacial score (nSPS) is 11.1. The van der Waals surface area contributed by atoms with Crippen molar-refractivity contribution in [2.24, 2.45) is 7.05 Å². The quantitative estimate of drug-likeness (QED) is 0.184. The lowest BCUT2D eigenvalue weighted by atomic mass is 9.95. The summed E-state index contributed by atoms with van der Waals surface area (Å²) in [6.07, 6.45) is 8.25. The maximum atomic E-state index is 15.6. The van der Waals surface area contributed by atoms with E-state index in [9.17, 15) is 4.79 Å². The van der Waals surface area contributed by atoms with Crippen LogP contribution in [0.25, 0.3) is 42.8 Å². The molecular weight excluding hydrogens is 577 g/mol. The lowest BCUT2D eigenvalue weighted by molar-refractivity contribution is -0.116. The van der Waals surface area contributed by atoms with E-state index in [1.54, 1.807) is 59.7 Å². The Morgan fingerprint density at radius 2 is 1.95 bits per heavy atom. The average Bonchev–Trinajstić information content (AvgIpc) is 3.62. The van der Waals surface area contributed by atoms with Gasteiger partial charge in [0.15, 0.2) is 11.6 Å². The van der Waals surface area contributed by atoms with Gasteiger partial charge < -0.3 is 15.8 Å². The number of nitrogen functional groups attached to an aromatic ring is 1. The van der Waals surface area contributed by atoms with Crippen molar-refractivity contribution in [2.75, 3.05) is 5.73 Å². The van der Waals surface area contributed by atoms with Gasteiger partial charge in [-0.2, -0.15) is 5.10 Å². The van der Waals surface area contributed by atoms with E-state index in [1.165, 1.54) is 12.1 Å². The van der Waals surface area contributed by atoms with Gasteiger partial charge in [-0.1, -0.05) is 30.8 Å². The van der Waals surface area contributed by atoms with E-state index < -0.39 is 5.82 Å². The van der Waals surface area contributed by atoms with Crippen LogP contribution in [-0.2, 0) is 18.4 Å². The number of nitrogens with one attached hydrogen (secondary N) is 1. The molecule has 11 heteroatoms. The number of nitrogens with two attached hydrogens (primary N) is 1. The Kier molecular flexibility index (Phi) is 7.62. The maximum Gasteiger partial charge on any atom is 0.322 e. The molecule has 0 radical (unpaired) electrons. The fraction of sp³-hybridized carbons (Fsp3) is 0.121. The Morgan fingerprint density at radius 3 is 2.66 bits per heavy atom. The predicted octanol–water partition coefficient (Wildman–Crippen LogP) is 6.75. The van der Waals surface area contributed by atoms with Crippen molar-refractivity contribution in [2.45, 2.75) is 20.4 Å². The molecule has 0 atom stereocenters. The van der Waals surface area contributed by atoms with E-state index >= 15 is 4.39 Å². The zero-order valence-corrected chi connectivity index (χ0v) is 25.1. The molecule has 9 nitrogen and oxygen atoms in total. The van der Waals surface area contributed by atoms with Crippen molar-refractivity contribution < 1.29 is 13.9 Å². The topological polar surface area (TPSA) is 121 Å². The number of hydrogen-bond donors (Lipinski definition) is 2. The predicted molar refractivity (Wildman–Crippen MR) is 171 cm³/mol. The summed E-state index contributed by atoms with van der Waals surface area (Å²) in [6.45, 7) is 7.68. The number of hydrogen-bond acceptors (Lipinski definition) is 8. The summed E-state index contributed by atoms with van der Waals surface area (Å²) in [7, 11) is 1.85. The average molecular weight is 606 g/mol. The second-order valence-corrected chi connectivity index (χ2v) is 11.3. The molecule has 44 heavy (non-hydrogen) atoms. The Labute approximate surface area is 256 Å². The number of aromatic nitrogens is 5. The van der Waals surface area contributed by atoms with Gasteiger partial charge in [-0.25, -0.2) is 19.3 Å². The molecule has 0 aliphatic heterocycles. The molecule has 6 aromatic rings. The van der Waals surface area contributed by atoms with Gasteiger partial charge in [-0.05, 0) is 60.4 Å². The SMILES string of the molecule is C=CC(=O)NCc1ccc(-c2sc3c(-c4cnn(C)c4)cnc(N)c3c2-c2ccc(Oc3nccc(C)n3)c(F)c2)c(C)c1. The molecular formula is C33H28FN7O2S. The second-order valence-electron chi connectivity index (χ2n) is 10.3. The molecule has 0 bridgehead atoms. The maximum absolute atomic E-state index is 15.6. The van der Waals surface area contributed by atoms with Crippen molar-refractivity contribution in [3.63, 3.8) is 0 Å². The first kappa shape index (κ1) is 28.7. The van der Waals surface area contributed by atoms with Crippen LogP contribution in [0.5, 0.6) is 11.8 Å². The van der Waals surface area contributed by atoms with Crippen LogP contribution < -0.4 is 15.8 Å². The van der Waals surface area contributed by atoms with Gasteiger partial charge in [0.2, 0.25) is 5.91 Å². The first-order valence-corrected chi connectivity index (χ1v) is 14.5. The molecule has 4 aromatic heterocycles. The molecule has 0 aliphatic carbocycles. The van der Waals surface area contributed by atoms with Crippen molar-refractivity contribution in [3.05, 3.63) is 103 Å². The van der Waals surface area contributed by atoms with Crippen LogP contribution >= 0.6 is 11.3 Å². The number of nitrogens with zero attached hydrogens (tertiary/aromatic N) is 5. The summed E-state index contributed by atoms with van der Waals surface area (Å²) in [4.78, 5) is 25.5. The van der Waals surface area contributed by atoms with Crippen molar-refractivity contribution >= 4 is 33.1 Å². The van der Waals surface area contributed by atoms with E-state index in [2.05, 4.69) is 31.9 Å². The molecule has 0 unspecified atom stereocenters. The van der Waals surface area contributed by atoms with Crippen molar-refractivity contribution in [3.8, 4) is 44.5 Å². The summed E-state index contributed by atoms with van der Waals surface area (Å²) in [5, 5.41) is 7.88. The third-order valence-corrected chi connectivity index (χ3v) is 8.40. The van der Waals surface area contributed by atoms with Crippen LogP contribution in [-0.4, -0.2) is 30.6 Å². The minimum absolute atomic E-state index is 0.00434. The molecule has 0 saturated carbocycles. The molecule has 6 rings (SSSR count). The number of carbonyl (C=O) groups excluding carboxylic acids is 1. The standard InChI is InChI=1S/C33H28FN7O2S/c1-5-27(42)37-14-20-6-8-23(18(2)12-20)30-28(21-7-9-26(25(34)13-21)43-33-36-11-10-19(3)40-33)29-31(44-30)24(16-38-32(29)35)22-15-39-41(4)17-22/h5-13,15-17H,1,14H2,2-4H3,(H2,35,38)(H,37,42). The number of fused-ring (bicyclic) bond motifs is 1. The number of ether oxygens (including phenoxy) is 1. The van der Waals surface area contributed by atoms with E-state index in [0.717, 1.165) is 48.3 Å². The zero-order chi connectivity index (χ0) is 31.0. The molecule has 2 aromatic carbocycles. The fourth-order valence-corrected chi connectivity index (χ4v) is 6.47. The molecule has 0 spiro atoms. The molecule has 0 saturated heterocycles. The number of carbonyl (C=O) groups is 1. The van der Waals surface area contributed by atoms with Gasteiger partial charge in [0.25, 0.3) is 0 Å². The first-order chi connectivity index (χ1) is 21.2. The first-order valence-electron chi connectivity index (χ1n) is 13.7. The highest BCUT2D eigenvalue weighted by Gasteiger charge is 2.24. The molecule has 220 valence electrons. The number of benzene rings is 2. The Balaban J connectivity index is 1.52. The number of rotatable bonds is 8. The molecule has 4 heterocycles. The van der Waals surface area contributed by atoms with Crippen LogP contribution in [0.3, 0.4) is 0 Å². The highest BCUT2D eigenvalue weighted by atomic mass is 32.1. The summed E-state index contributed by atoms with van der Waals surface area (Å²) >= 11 is 1.56. The Bertz CT molecular complexity index is 2070. The largest absolute Gasteiger partial charge is 0.421 e. The monoisotopic (exact) mass is 605 g/mol. The number of amides is 1. The minimum Gasteiger partial charge on any atom is -0.421 e. The zero-order valence-electron chi connectivity index (χ0n) is 24.3. The van der Waals surface area contributed by atoms with Crippen LogP contribution in [0.1, 0.15) is 16.8 Å². The highest BCUT2D eigenvalue weighted by Crippen LogP contribution is 2.50. The molecule has 0 aliphatic rings. The van der Waals surface area contributed by atoms with Gasteiger partial charge in [0.1, 0.15) is 5.82 Å². The molecule has 0 fully saturated rings. The Hall–Kier alpha value is -5.42. The van der Waals surface area contributed by atoms with E-state index in [1.807, 2.05) is 38.4 Å². The fourth-order valence-electron chi connectivity index (χ4n) is 5.02. The summed E-state index contributed by atoms with van der Waals surface area (Å²) in [5.74, 6) is -0.476. The van der Waals surface area contributed by atoms with Gasteiger partial charge in [0, 0.05) is 69.5 Å². The van der Waals surface area contributed by atoms with E-state index in [0.29, 0.717) is 23.6 Å². The van der Waals surface area contributed by atoms with Gasteiger partial charge in [0.05, 0.1) is 6.20 Å². The van der Waals surface area contributed by atoms with Crippen LogP contribution in [0.2, 0.25) is 0 Å². The third-order valence-electron chi connectivity index (χ3n) is 7.14. The minimum atomic E-state index is -0.571. The molecule has 3 N–H and O–H groups in total. The highest BCUT2D eigenvalue weighted by molar-refractivity contribution is 7.23. The van der Waals surface area contributed by atoms with Crippen molar-refractivity contribution in [1.29, 1.82) is 0 Å². The van der Waals surface area contributed by atoms with Gasteiger partial charge in [-0.3, -0.25) is 9.48 Å². The molecule has 1 amide bonds. The summed E-state index contributed by atoms with van der Waals surface area (Å²) < 4.78 is 24.0. The summed E-state index contributed by atoms with van der Waals surface area (Å²) in [5.41, 5.74) is 13.3. The lowest BCUT2D eigenvalue weighted by Gasteiger charge is -2.12. The van der Waals surface area contributed by atoms with E-state index in [-0.39, 0.29) is 17.7 Å². The lowest BCUT2D eigenvalue weighted by Crippen LogP contribution is -2.19. The van der Waals surface area contributed by atoms with Crippen LogP contribution in [0, 0.1) is 19.7 Å². The number of halogens is 1. The number of pyridine rings is 1. The summed E-state index contributed by atoms with van der Waals surface area (Å²) in [6, 6.07) is 12.6. The number of aryl methyl sites for hydroxylation is 3. The Morgan fingerprint density at radius 1 is 1.11 bits per heavy atom. The third kappa shape index (κ3) is 5.52. The number of anilines is 1. The van der Waals surface area contributed by atoms with Crippen LogP contribution in [0.15, 0.2) is 79.9 Å². The second kappa shape index (κ2) is 11.7. The number of thiophene rings is 1. The van der Waals surface area contributed by atoms with Crippen molar-refractivity contribution in [1.82, 2.24) is 30.0 Å². The van der Waals surface area contributed by atoms with Crippen LogP contribution in [0.4, 0.5) is 10.2 Å². The smallest absolute Gasteiger partial charge is 0.322 e. The van der Waals surface area contributed by atoms with Gasteiger partial charge in [-0.15, -0.1) is 11.3 Å². The van der Waals surface area contributed by atoms with Gasteiger partial charge >= 0.3 is 6.01 Å². The van der Waals surface area contributed by atoms with E-state index in [4.69, 9.17) is 10.5 Å².